The zero-order valence-electron chi connectivity index (χ0n) is 26.2. The van der Waals surface area contributed by atoms with Crippen molar-refractivity contribution in [3.8, 4) is 11.5 Å². The van der Waals surface area contributed by atoms with Crippen LogP contribution >= 0.6 is 0 Å². The van der Waals surface area contributed by atoms with E-state index in [2.05, 4.69) is 30.3 Å². The molecule has 236 valence electrons. The summed E-state index contributed by atoms with van der Waals surface area (Å²) >= 11 is 0. The maximum absolute atomic E-state index is 13.6. The maximum Gasteiger partial charge on any atom is 0.268 e. The summed E-state index contributed by atoms with van der Waals surface area (Å²) < 4.78 is 44.8. The fraction of sp³-hybridized carbons (Fsp3) is 0.405. The molecule has 0 atom stereocenters. The van der Waals surface area contributed by atoms with Crippen LogP contribution in [-0.2, 0) is 21.4 Å². The highest BCUT2D eigenvalue weighted by Gasteiger charge is 2.21. The Kier molecular flexibility index (Phi) is 13.4. The third-order valence-electron chi connectivity index (χ3n) is 7.94. The Morgan fingerprint density at radius 1 is 0.705 bits per heavy atom. The van der Waals surface area contributed by atoms with Gasteiger partial charge < -0.3 is 14.2 Å². The second kappa shape index (κ2) is 17.7. The van der Waals surface area contributed by atoms with E-state index in [0.29, 0.717) is 23.6 Å². The van der Waals surface area contributed by atoms with Gasteiger partial charge in [0.05, 0.1) is 31.2 Å². The molecular formula is C37H47NO5S. The van der Waals surface area contributed by atoms with Gasteiger partial charge in [0.15, 0.2) is 0 Å². The Morgan fingerprint density at radius 2 is 1.32 bits per heavy atom. The number of hydrogen-bond donors (Lipinski definition) is 0. The van der Waals surface area contributed by atoms with Crippen molar-refractivity contribution in [3.05, 3.63) is 96.2 Å². The normalized spacial score (nSPS) is 11.9. The van der Waals surface area contributed by atoms with Gasteiger partial charge in [0.2, 0.25) is 0 Å². The number of ether oxygens (including phenoxy) is 3. The summed E-state index contributed by atoms with van der Waals surface area (Å²) in [6, 6.07) is 22.4. The minimum atomic E-state index is -3.80. The van der Waals surface area contributed by atoms with Crippen LogP contribution in [0.1, 0.15) is 81.8 Å². The van der Waals surface area contributed by atoms with E-state index in [0.717, 1.165) is 36.8 Å². The lowest BCUT2D eigenvalue weighted by atomic mass is 10.1. The highest BCUT2D eigenvalue weighted by molar-refractivity contribution is 7.90. The summed E-state index contributed by atoms with van der Waals surface area (Å²) in [6.45, 7) is 1.56. The third-order valence-corrected chi connectivity index (χ3v) is 9.63. The second-order valence-electron chi connectivity index (χ2n) is 11.2. The van der Waals surface area contributed by atoms with Crippen molar-refractivity contribution in [3.63, 3.8) is 0 Å². The summed E-state index contributed by atoms with van der Waals surface area (Å²) in [6.07, 6.45) is 19.4. The van der Waals surface area contributed by atoms with Crippen molar-refractivity contribution in [1.29, 1.82) is 0 Å². The first-order valence-electron chi connectivity index (χ1n) is 15.9. The lowest BCUT2D eigenvalue weighted by Crippen LogP contribution is -2.11. The van der Waals surface area contributed by atoms with Crippen LogP contribution in [0.3, 0.4) is 0 Å². The minimum absolute atomic E-state index is 0.206. The summed E-state index contributed by atoms with van der Waals surface area (Å²) in [5, 5.41) is 0.874. The van der Waals surface area contributed by atoms with Crippen LogP contribution in [0.15, 0.2) is 90.0 Å². The van der Waals surface area contributed by atoms with Gasteiger partial charge in [-0.3, -0.25) is 0 Å². The maximum atomic E-state index is 13.6. The molecule has 0 amide bonds. The van der Waals surface area contributed by atoms with E-state index in [1.807, 2.05) is 24.3 Å². The standard InChI is InChI=1S/C37H47NO5S/c1-41-33-21-24-35(25-22-33)44(39,40)38-29-32(36-26-23-34(42-2)28-37(36)38)20-16-11-9-7-5-3-4-6-8-10-12-17-27-43-30-31-18-14-13-15-19-31/h13-16,18-26,28-29H,3-12,17,27,30H2,1-2H3/b20-16-. The Balaban J connectivity index is 1.15. The van der Waals surface area contributed by atoms with E-state index in [9.17, 15) is 8.42 Å². The van der Waals surface area contributed by atoms with Crippen LogP contribution in [0.25, 0.3) is 17.0 Å². The number of benzene rings is 3. The SMILES string of the molecule is COc1ccc(S(=O)(=O)n2cc(/C=C\CCCCCCCCCCCCOCc3ccccc3)c3ccc(OC)cc32)cc1. The van der Waals surface area contributed by atoms with E-state index in [1.54, 1.807) is 50.7 Å². The molecule has 3 aromatic carbocycles. The second-order valence-corrected chi connectivity index (χ2v) is 13.0. The topological polar surface area (TPSA) is 66.8 Å². The molecule has 0 bridgehead atoms. The van der Waals surface area contributed by atoms with Gasteiger partial charge in [-0.15, -0.1) is 0 Å². The Hall–Kier alpha value is -3.55. The number of unbranched alkanes of at least 4 members (excludes halogenated alkanes) is 10. The molecule has 0 aliphatic heterocycles. The number of allylic oxidation sites excluding steroid dienone is 1. The molecular weight excluding hydrogens is 570 g/mol. The molecule has 0 unspecified atom stereocenters. The van der Waals surface area contributed by atoms with Crippen LogP contribution in [0.4, 0.5) is 0 Å². The molecule has 0 N–H and O–H groups in total. The largest absolute Gasteiger partial charge is 0.497 e. The first kappa shape index (κ1) is 33.3. The van der Waals surface area contributed by atoms with Crippen molar-refractivity contribution in [2.24, 2.45) is 0 Å². The summed E-state index contributed by atoms with van der Waals surface area (Å²) in [4.78, 5) is 0.206. The van der Waals surface area contributed by atoms with Crippen LogP contribution in [-0.4, -0.2) is 33.2 Å². The molecule has 1 aromatic heterocycles. The molecule has 6 nitrogen and oxygen atoms in total. The van der Waals surface area contributed by atoms with E-state index < -0.39 is 10.0 Å². The third kappa shape index (κ3) is 9.73. The van der Waals surface area contributed by atoms with E-state index >= 15 is 0 Å². The summed E-state index contributed by atoms with van der Waals surface area (Å²) in [7, 11) is -0.657. The average molecular weight is 618 g/mol. The zero-order valence-corrected chi connectivity index (χ0v) is 27.1. The van der Waals surface area contributed by atoms with Gasteiger partial charge in [-0.2, -0.15) is 0 Å². The summed E-state index contributed by atoms with van der Waals surface area (Å²) in [5.74, 6) is 1.22. The molecule has 0 fully saturated rings. The van der Waals surface area contributed by atoms with E-state index in [-0.39, 0.29) is 4.90 Å². The Bertz CT molecular complexity index is 1540. The van der Waals surface area contributed by atoms with Crippen LogP contribution in [0, 0.1) is 0 Å². The number of hydrogen-bond acceptors (Lipinski definition) is 5. The molecule has 44 heavy (non-hydrogen) atoms. The lowest BCUT2D eigenvalue weighted by molar-refractivity contribution is 0.116. The summed E-state index contributed by atoms with van der Waals surface area (Å²) in [5.41, 5.74) is 2.71. The van der Waals surface area contributed by atoms with Gasteiger partial charge >= 0.3 is 0 Å². The van der Waals surface area contributed by atoms with Crippen molar-refractivity contribution in [2.45, 2.75) is 82.1 Å². The molecule has 0 saturated heterocycles. The monoisotopic (exact) mass is 617 g/mol. The Morgan fingerprint density at radius 3 is 1.98 bits per heavy atom. The van der Waals surface area contributed by atoms with Gasteiger partial charge in [-0.1, -0.05) is 93.9 Å². The van der Waals surface area contributed by atoms with Gasteiger partial charge in [0, 0.05) is 29.8 Å². The smallest absolute Gasteiger partial charge is 0.268 e. The first-order valence-corrected chi connectivity index (χ1v) is 17.3. The van der Waals surface area contributed by atoms with Crippen molar-refractivity contribution in [2.75, 3.05) is 20.8 Å². The zero-order chi connectivity index (χ0) is 31.0. The predicted molar refractivity (Wildman–Crippen MR) is 180 cm³/mol. The van der Waals surface area contributed by atoms with Crippen molar-refractivity contribution in [1.82, 2.24) is 3.97 Å². The molecule has 1 heterocycles. The highest BCUT2D eigenvalue weighted by atomic mass is 32.2. The molecule has 0 aliphatic carbocycles. The molecule has 0 saturated carbocycles. The number of nitrogens with zero attached hydrogens (tertiary/aromatic N) is 1. The van der Waals surface area contributed by atoms with Crippen molar-refractivity contribution >= 4 is 27.0 Å². The lowest BCUT2D eigenvalue weighted by Gasteiger charge is -2.09. The van der Waals surface area contributed by atoms with Gasteiger partial charge in [-0.05, 0) is 61.2 Å². The fourth-order valence-electron chi connectivity index (χ4n) is 5.38. The van der Waals surface area contributed by atoms with Gasteiger partial charge in [0.25, 0.3) is 10.0 Å². The molecule has 0 aliphatic rings. The molecule has 0 spiro atoms. The average Bonchev–Trinajstić information content (AvgIpc) is 3.43. The van der Waals surface area contributed by atoms with Crippen molar-refractivity contribution < 1.29 is 22.6 Å². The Labute approximate surface area is 263 Å². The van der Waals surface area contributed by atoms with E-state index in [1.165, 1.54) is 60.9 Å². The fourth-order valence-corrected chi connectivity index (χ4v) is 6.75. The minimum Gasteiger partial charge on any atom is -0.497 e. The molecule has 0 radical (unpaired) electrons. The number of aromatic nitrogens is 1. The molecule has 7 heteroatoms. The first-order chi connectivity index (χ1) is 21.5. The number of fused-ring (bicyclic) bond motifs is 1. The molecule has 4 aromatic rings. The number of rotatable bonds is 20. The predicted octanol–water partition coefficient (Wildman–Crippen LogP) is 9.42. The van der Waals surface area contributed by atoms with Crippen LogP contribution < -0.4 is 9.47 Å². The highest BCUT2D eigenvalue weighted by Crippen LogP contribution is 2.30. The number of methoxy groups -OCH3 is 2. The van der Waals surface area contributed by atoms with Crippen LogP contribution in [0.2, 0.25) is 0 Å². The van der Waals surface area contributed by atoms with E-state index in [4.69, 9.17) is 14.2 Å². The van der Waals surface area contributed by atoms with Crippen LogP contribution in [0.5, 0.6) is 11.5 Å². The van der Waals surface area contributed by atoms with Gasteiger partial charge in [-0.25, -0.2) is 12.4 Å². The molecule has 4 rings (SSSR count). The van der Waals surface area contributed by atoms with Gasteiger partial charge in [0.1, 0.15) is 11.5 Å². The quantitative estimate of drug-likeness (QED) is 0.0925.